The molecule has 0 unspecified atom stereocenters. The summed E-state index contributed by atoms with van der Waals surface area (Å²) in [6, 6.07) is 12.5. The van der Waals surface area contributed by atoms with Gasteiger partial charge in [0.05, 0.1) is 12.3 Å². The van der Waals surface area contributed by atoms with Gasteiger partial charge in [-0.25, -0.2) is 4.39 Å². The Morgan fingerprint density at radius 2 is 1.96 bits per heavy atom. The summed E-state index contributed by atoms with van der Waals surface area (Å²) in [7, 11) is 0. The maximum absolute atomic E-state index is 13.5. The lowest BCUT2D eigenvalue weighted by atomic mass is 10.1. The molecule has 7 heteroatoms. The van der Waals surface area contributed by atoms with E-state index in [1.165, 1.54) is 30.3 Å². The van der Waals surface area contributed by atoms with E-state index in [1.54, 1.807) is 24.3 Å². The van der Waals surface area contributed by atoms with Crippen LogP contribution in [0.4, 0.5) is 10.1 Å². The molecule has 0 atom stereocenters. The minimum Gasteiger partial charge on any atom is -0.493 e. The number of carbonyl (C=O) groups is 2. The number of anilines is 1. The number of nitrogens with zero attached hydrogens (tertiary/aromatic N) is 1. The van der Waals surface area contributed by atoms with Crippen LogP contribution in [0.25, 0.3) is 6.08 Å². The van der Waals surface area contributed by atoms with Gasteiger partial charge in [-0.05, 0) is 49.5 Å². The lowest BCUT2D eigenvalue weighted by Crippen LogP contribution is -2.54. The SMILES string of the molecule is CCOc1ccccc1/C=C1\C(=O)NC(=S)N(c2cccc(F)c2)C1=O. The molecule has 0 radical (unpaired) electrons. The molecule has 1 heterocycles. The van der Waals surface area contributed by atoms with E-state index in [0.717, 1.165) is 4.90 Å². The second kappa shape index (κ2) is 7.45. The molecule has 3 rings (SSSR count). The van der Waals surface area contributed by atoms with Crippen LogP contribution in [0.3, 0.4) is 0 Å². The quantitative estimate of drug-likeness (QED) is 0.511. The molecule has 1 fully saturated rings. The first kappa shape index (κ1) is 17.8. The van der Waals surface area contributed by atoms with Crippen LogP contribution in [0.15, 0.2) is 54.1 Å². The fourth-order valence-electron chi connectivity index (χ4n) is 2.55. The Hall–Kier alpha value is -3.06. The van der Waals surface area contributed by atoms with Crippen LogP contribution in [0.5, 0.6) is 5.75 Å². The smallest absolute Gasteiger partial charge is 0.270 e. The Labute approximate surface area is 155 Å². The number of amides is 2. The second-order valence-corrected chi connectivity index (χ2v) is 5.80. The van der Waals surface area contributed by atoms with Crippen molar-refractivity contribution in [3.63, 3.8) is 0 Å². The lowest BCUT2D eigenvalue weighted by Gasteiger charge is -2.29. The van der Waals surface area contributed by atoms with Crippen LogP contribution >= 0.6 is 12.2 Å². The van der Waals surface area contributed by atoms with Gasteiger partial charge in [0.15, 0.2) is 5.11 Å². The number of rotatable bonds is 4. The van der Waals surface area contributed by atoms with Crippen LogP contribution in [0.2, 0.25) is 0 Å². The van der Waals surface area contributed by atoms with Crippen LogP contribution in [0.1, 0.15) is 12.5 Å². The molecule has 2 aromatic rings. The number of carbonyl (C=O) groups excluding carboxylic acids is 2. The van der Waals surface area contributed by atoms with Crippen molar-refractivity contribution in [1.82, 2.24) is 5.32 Å². The van der Waals surface area contributed by atoms with Crippen LogP contribution < -0.4 is 15.0 Å². The van der Waals surface area contributed by atoms with Gasteiger partial charge < -0.3 is 4.74 Å². The molecule has 1 N–H and O–H groups in total. The first-order chi connectivity index (χ1) is 12.5. The Bertz CT molecular complexity index is 927. The van der Waals surface area contributed by atoms with Gasteiger partial charge >= 0.3 is 0 Å². The average molecular weight is 370 g/mol. The number of hydrogen-bond acceptors (Lipinski definition) is 4. The zero-order chi connectivity index (χ0) is 18.7. The largest absolute Gasteiger partial charge is 0.493 e. The van der Waals surface area contributed by atoms with Crippen molar-refractivity contribution in [3.05, 3.63) is 65.5 Å². The summed E-state index contributed by atoms with van der Waals surface area (Å²) in [5.41, 5.74) is 0.707. The normalized spacial score (nSPS) is 16.0. The molecule has 26 heavy (non-hydrogen) atoms. The van der Waals surface area contributed by atoms with Gasteiger partial charge in [-0.1, -0.05) is 24.3 Å². The minimum atomic E-state index is -0.629. The number of thiocarbonyl (C=S) groups is 1. The Balaban J connectivity index is 2.03. The maximum atomic E-state index is 13.5. The van der Waals surface area contributed by atoms with Crippen LogP contribution in [-0.4, -0.2) is 23.5 Å². The van der Waals surface area contributed by atoms with E-state index in [4.69, 9.17) is 17.0 Å². The second-order valence-electron chi connectivity index (χ2n) is 5.41. The highest BCUT2D eigenvalue weighted by Gasteiger charge is 2.34. The first-order valence-corrected chi connectivity index (χ1v) is 8.31. The topological polar surface area (TPSA) is 58.6 Å². The van der Waals surface area contributed by atoms with Crippen molar-refractivity contribution in [2.75, 3.05) is 11.5 Å². The molecule has 2 amide bonds. The van der Waals surface area contributed by atoms with E-state index in [0.29, 0.717) is 17.9 Å². The van der Waals surface area contributed by atoms with Crippen molar-refractivity contribution < 1.29 is 18.7 Å². The number of benzene rings is 2. The van der Waals surface area contributed by atoms with Crippen molar-refractivity contribution in [2.45, 2.75) is 6.92 Å². The van der Waals surface area contributed by atoms with E-state index in [-0.39, 0.29) is 16.4 Å². The summed E-state index contributed by atoms with van der Waals surface area (Å²) in [6.07, 6.45) is 1.44. The predicted molar refractivity (Wildman–Crippen MR) is 100 cm³/mol. The molecule has 1 saturated heterocycles. The third-order valence-electron chi connectivity index (χ3n) is 3.69. The summed E-state index contributed by atoms with van der Waals surface area (Å²) in [6.45, 7) is 2.28. The third-order valence-corrected chi connectivity index (χ3v) is 3.97. The standard InChI is InChI=1S/C19H15FN2O3S/c1-2-25-16-9-4-3-6-12(16)10-15-17(23)21-19(26)22(18(15)24)14-8-5-7-13(20)11-14/h3-11H,2H2,1H3,(H,21,23,26)/b15-10+. The van der Waals surface area contributed by atoms with Gasteiger partial charge in [0.1, 0.15) is 17.1 Å². The highest BCUT2D eigenvalue weighted by atomic mass is 32.1. The maximum Gasteiger partial charge on any atom is 0.270 e. The van der Waals surface area contributed by atoms with Crippen molar-refractivity contribution in [1.29, 1.82) is 0 Å². The molecule has 0 bridgehead atoms. The van der Waals surface area contributed by atoms with Gasteiger partial charge in [-0.2, -0.15) is 0 Å². The summed E-state index contributed by atoms with van der Waals surface area (Å²) < 4.78 is 19.1. The predicted octanol–water partition coefficient (Wildman–Crippen LogP) is 3.06. The molecule has 0 spiro atoms. The van der Waals surface area contributed by atoms with Gasteiger partial charge in [-0.3, -0.25) is 19.8 Å². The highest BCUT2D eigenvalue weighted by molar-refractivity contribution is 7.80. The molecule has 5 nitrogen and oxygen atoms in total. The minimum absolute atomic E-state index is 0.0964. The average Bonchev–Trinajstić information content (AvgIpc) is 2.60. The fraction of sp³-hybridized carbons (Fsp3) is 0.105. The molecule has 0 saturated carbocycles. The molecule has 1 aliphatic rings. The number of halogens is 1. The Kier molecular flexibility index (Phi) is 5.09. The van der Waals surface area contributed by atoms with Gasteiger partial charge in [0, 0.05) is 5.56 Å². The molecule has 0 aromatic heterocycles. The molecular formula is C19H15FN2O3S. The zero-order valence-corrected chi connectivity index (χ0v) is 14.7. The van der Waals surface area contributed by atoms with E-state index in [9.17, 15) is 14.0 Å². The van der Waals surface area contributed by atoms with Gasteiger partial charge in [0.2, 0.25) is 0 Å². The summed E-state index contributed by atoms with van der Waals surface area (Å²) in [5.74, 6) is -1.20. The van der Waals surface area contributed by atoms with Crippen LogP contribution in [0, 0.1) is 5.82 Å². The number of nitrogens with one attached hydrogen (secondary N) is 1. The van der Waals surface area contributed by atoms with E-state index < -0.39 is 17.6 Å². The van der Waals surface area contributed by atoms with Crippen molar-refractivity contribution >= 4 is 40.9 Å². The third kappa shape index (κ3) is 3.48. The lowest BCUT2D eigenvalue weighted by molar-refractivity contribution is -0.122. The van der Waals surface area contributed by atoms with Crippen LogP contribution in [-0.2, 0) is 9.59 Å². The monoisotopic (exact) mass is 370 g/mol. The fourth-order valence-corrected chi connectivity index (χ4v) is 2.83. The number of para-hydroxylation sites is 1. The van der Waals surface area contributed by atoms with Crippen molar-refractivity contribution in [3.8, 4) is 5.75 Å². The van der Waals surface area contributed by atoms with Gasteiger partial charge in [-0.15, -0.1) is 0 Å². The molecule has 2 aromatic carbocycles. The highest BCUT2D eigenvalue weighted by Crippen LogP contribution is 2.25. The van der Waals surface area contributed by atoms with Gasteiger partial charge in [0.25, 0.3) is 11.8 Å². The molecular weight excluding hydrogens is 355 g/mol. The van der Waals surface area contributed by atoms with E-state index >= 15 is 0 Å². The summed E-state index contributed by atoms with van der Waals surface area (Å²) >= 11 is 5.09. The molecule has 0 aliphatic carbocycles. The molecule has 1 aliphatic heterocycles. The summed E-state index contributed by atoms with van der Waals surface area (Å²) in [5, 5.41) is 2.37. The van der Waals surface area contributed by atoms with E-state index in [1.807, 2.05) is 6.92 Å². The first-order valence-electron chi connectivity index (χ1n) is 7.90. The van der Waals surface area contributed by atoms with Crippen molar-refractivity contribution in [2.24, 2.45) is 0 Å². The Morgan fingerprint density at radius 1 is 1.19 bits per heavy atom. The van der Waals surface area contributed by atoms with E-state index in [2.05, 4.69) is 5.32 Å². The summed E-state index contributed by atoms with van der Waals surface area (Å²) in [4.78, 5) is 26.3. The number of ether oxygens (including phenoxy) is 1. The molecule has 132 valence electrons. The Morgan fingerprint density at radius 3 is 2.69 bits per heavy atom. The number of hydrogen-bond donors (Lipinski definition) is 1. The zero-order valence-electron chi connectivity index (χ0n) is 13.9.